The van der Waals surface area contributed by atoms with E-state index >= 15 is 0 Å². The van der Waals surface area contributed by atoms with Gasteiger partial charge in [0.25, 0.3) is 5.91 Å². The van der Waals surface area contributed by atoms with Gasteiger partial charge in [0.2, 0.25) is 5.91 Å². The first-order valence-electron chi connectivity index (χ1n) is 11.0. The van der Waals surface area contributed by atoms with Gasteiger partial charge in [0, 0.05) is 16.5 Å². The number of carbonyl (C=O) groups excluding carboxylic acids is 2. The van der Waals surface area contributed by atoms with E-state index in [2.05, 4.69) is 36.5 Å². The molecular formula is C25H30N2O2S. The zero-order chi connectivity index (χ0) is 20.9. The maximum absolute atomic E-state index is 13.0. The summed E-state index contributed by atoms with van der Waals surface area (Å²) in [5, 5.41) is 3.24. The van der Waals surface area contributed by atoms with E-state index in [-0.39, 0.29) is 17.9 Å². The molecule has 2 aromatic rings. The van der Waals surface area contributed by atoms with E-state index in [4.69, 9.17) is 0 Å². The largest absolute Gasteiger partial charge is 0.349 e. The third kappa shape index (κ3) is 5.07. The molecule has 1 aliphatic heterocycles. The van der Waals surface area contributed by atoms with Gasteiger partial charge in [-0.25, -0.2) is 0 Å². The summed E-state index contributed by atoms with van der Waals surface area (Å²) in [5.41, 5.74) is 3.78. The van der Waals surface area contributed by atoms with Gasteiger partial charge in [-0.1, -0.05) is 61.9 Å². The molecule has 0 atom stereocenters. The van der Waals surface area contributed by atoms with Crippen LogP contribution in [0.15, 0.2) is 47.4 Å². The predicted molar refractivity (Wildman–Crippen MR) is 123 cm³/mol. The zero-order valence-corrected chi connectivity index (χ0v) is 18.5. The molecule has 0 saturated heterocycles. The van der Waals surface area contributed by atoms with Crippen molar-refractivity contribution < 1.29 is 9.59 Å². The third-order valence-electron chi connectivity index (χ3n) is 6.07. The van der Waals surface area contributed by atoms with Crippen molar-refractivity contribution in [2.24, 2.45) is 0 Å². The maximum Gasteiger partial charge on any atom is 0.251 e. The molecule has 2 aromatic carbocycles. The Morgan fingerprint density at radius 2 is 1.73 bits per heavy atom. The minimum atomic E-state index is -0.0262. The van der Waals surface area contributed by atoms with Crippen LogP contribution in [0, 0.1) is 6.92 Å². The number of rotatable bonds is 4. The molecule has 4 rings (SSSR count). The molecule has 0 unspecified atom stereocenters. The van der Waals surface area contributed by atoms with Crippen LogP contribution in [0.2, 0.25) is 0 Å². The van der Waals surface area contributed by atoms with Gasteiger partial charge in [-0.2, -0.15) is 0 Å². The Labute approximate surface area is 183 Å². The summed E-state index contributed by atoms with van der Waals surface area (Å²) < 4.78 is 0. The Bertz CT molecular complexity index is 902. The van der Waals surface area contributed by atoms with Gasteiger partial charge in [-0.15, -0.1) is 11.8 Å². The van der Waals surface area contributed by atoms with Crippen molar-refractivity contribution in [3.05, 3.63) is 59.2 Å². The number of aryl methyl sites for hydroxylation is 1. The minimum Gasteiger partial charge on any atom is -0.349 e. The van der Waals surface area contributed by atoms with Crippen molar-refractivity contribution in [1.29, 1.82) is 0 Å². The topological polar surface area (TPSA) is 49.4 Å². The standard InChI is InChI=1S/C25H30N2O2S/c1-18-9-11-19(12-10-18)16-27-22-15-20(13-14-23(22)30-17-24(27)28)25(29)26-21-7-5-3-2-4-6-8-21/h9-15,21H,2-8,16-17H2,1H3,(H,26,29). The van der Waals surface area contributed by atoms with Gasteiger partial charge in [0.15, 0.2) is 0 Å². The fraction of sp³-hybridized carbons (Fsp3) is 0.440. The highest BCUT2D eigenvalue weighted by Crippen LogP contribution is 2.37. The first-order valence-corrected chi connectivity index (χ1v) is 12.0. The maximum atomic E-state index is 13.0. The molecule has 4 nitrogen and oxygen atoms in total. The summed E-state index contributed by atoms with van der Waals surface area (Å²) >= 11 is 1.55. The SMILES string of the molecule is Cc1ccc(CN2C(=O)CSc3ccc(C(=O)NC4CCCCCCC4)cc32)cc1. The zero-order valence-electron chi connectivity index (χ0n) is 17.7. The van der Waals surface area contributed by atoms with Crippen LogP contribution in [0.25, 0.3) is 0 Å². The van der Waals surface area contributed by atoms with Crippen LogP contribution in [0.5, 0.6) is 0 Å². The lowest BCUT2D eigenvalue weighted by atomic mass is 9.96. The fourth-order valence-corrected chi connectivity index (χ4v) is 5.18. The lowest BCUT2D eigenvalue weighted by Crippen LogP contribution is -2.37. The summed E-state index contributed by atoms with van der Waals surface area (Å²) in [4.78, 5) is 28.5. The Morgan fingerprint density at radius 3 is 2.47 bits per heavy atom. The molecule has 1 heterocycles. The van der Waals surface area contributed by atoms with E-state index < -0.39 is 0 Å². The summed E-state index contributed by atoms with van der Waals surface area (Å²) in [6.45, 7) is 2.59. The lowest BCUT2D eigenvalue weighted by Gasteiger charge is -2.29. The molecule has 1 fully saturated rings. The second-order valence-corrected chi connectivity index (χ2v) is 9.47. The molecule has 0 aromatic heterocycles. The van der Waals surface area contributed by atoms with Gasteiger partial charge in [0.1, 0.15) is 0 Å². The van der Waals surface area contributed by atoms with Gasteiger partial charge in [0.05, 0.1) is 18.0 Å². The van der Waals surface area contributed by atoms with E-state index in [0.29, 0.717) is 17.9 Å². The number of benzene rings is 2. The molecule has 5 heteroatoms. The van der Waals surface area contributed by atoms with E-state index in [1.165, 1.54) is 37.7 Å². The fourth-order valence-electron chi connectivity index (χ4n) is 4.26. The van der Waals surface area contributed by atoms with Crippen LogP contribution in [0.3, 0.4) is 0 Å². The normalized spacial score (nSPS) is 17.8. The summed E-state index contributed by atoms with van der Waals surface area (Å²) in [6, 6.07) is 14.3. The van der Waals surface area contributed by atoms with Gasteiger partial charge in [-0.3, -0.25) is 9.59 Å². The van der Waals surface area contributed by atoms with Crippen molar-refractivity contribution in [1.82, 2.24) is 5.32 Å². The van der Waals surface area contributed by atoms with Crippen molar-refractivity contribution in [2.45, 2.75) is 69.4 Å². The average molecular weight is 423 g/mol. The lowest BCUT2D eigenvalue weighted by molar-refractivity contribution is -0.116. The third-order valence-corrected chi connectivity index (χ3v) is 7.11. The number of fused-ring (bicyclic) bond motifs is 1. The average Bonchev–Trinajstić information content (AvgIpc) is 2.73. The molecule has 0 bridgehead atoms. The number of thioether (sulfide) groups is 1. The van der Waals surface area contributed by atoms with Crippen LogP contribution in [0.1, 0.15) is 66.4 Å². The molecule has 1 aliphatic carbocycles. The quantitative estimate of drug-likeness (QED) is 0.710. The van der Waals surface area contributed by atoms with E-state index in [0.717, 1.165) is 29.0 Å². The van der Waals surface area contributed by atoms with Crippen LogP contribution in [-0.4, -0.2) is 23.6 Å². The smallest absolute Gasteiger partial charge is 0.251 e. The number of hydrogen-bond acceptors (Lipinski definition) is 3. The molecule has 0 spiro atoms. The minimum absolute atomic E-state index is 0.0262. The van der Waals surface area contributed by atoms with Crippen LogP contribution >= 0.6 is 11.8 Å². The first kappa shape index (κ1) is 21.0. The number of carbonyl (C=O) groups is 2. The van der Waals surface area contributed by atoms with Gasteiger partial charge in [-0.05, 0) is 43.5 Å². The van der Waals surface area contributed by atoms with E-state index in [1.807, 2.05) is 23.1 Å². The highest BCUT2D eigenvalue weighted by molar-refractivity contribution is 8.00. The van der Waals surface area contributed by atoms with Gasteiger partial charge >= 0.3 is 0 Å². The van der Waals surface area contributed by atoms with Crippen LogP contribution < -0.4 is 10.2 Å². The molecule has 2 aliphatic rings. The monoisotopic (exact) mass is 422 g/mol. The van der Waals surface area contributed by atoms with Crippen molar-refractivity contribution >= 4 is 29.3 Å². The van der Waals surface area contributed by atoms with Crippen molar-refractivity contribution in [3.63, 3.8) is 0 Å². The Balaban J connectivity index is 1.52. The molecule has 1 saturated carbocycles. The molecule has 2 amide bonds. The van der Waals surface area contributed by atoms with Crippen LogP contribution in [-0.2, 0) is 11.3 Å². The molecular weight excluding hydrogens is 392 g/mol. The number of hydrogen-bond donors (Lipinski definition) is 1. The number of amides is 2. The Hall–Kier alpha value is -2.27. The molecule has 30 heavy (non-hydrogen) atoms. The van der Waals surface area contributed by atoms with Crippen LogP contribution in [0.4, 0.5) is 5.69 Å². The first-order chi connectivity index (χ1) is 14.6. The second kappa shape index (κ2) is 9.69. The second-order valence-electron chi connectivity index (χ2n) is 8.45. The van der Waals surface area contributed by atoms with Gasteiger partial charge < -0.3 is 10.2 Å². The molecule has 158 valence electrons. The highest BCUT2D eigenvalue weighted by Gasteiger charge is 2.26. The number of anilines is 1. The van der Waals surface area contributed by atoms with Crippen molar-refractivity contribution in [3.8, 4) is 0 Å². The summed E-state index contributed by atoms with van der Waals surface area (Å²) in [5.74, 6) is 0.499. The molecule has 1 N–H and O–H groups in total. The Kier molecular flexibility index (Phi) is 6.78. The predicted octanol–water partition coefficient (Wildman–Crippen LogP) is 5.48. The molecule has 0 radical (unpaired) electrons. The van der Waals surface area contributed by atoms with E-state index in [1.54, 1.807) is 11.8 Å². The Morgan fingerprint density at radius 1 is 1.03 bits per heavy atom. The highest BCUT2D eigenvalue weighted by atomic mass is 32.2. The van der Waals surface area contributed by atoms with Crippen molar-refractivity contribution in [2.75, 3.05) is 10.7 Å². The number of nitrogens with zero attached hydrogens (tertiary/aromatic N) is 1. The van der Waals surface area contributed by atoms with E-state index in [9.17, 15) is 9.59 Å². The summed E-state index contributed by atoms with van der Waals surface area (Å²) in [7, 11) is 0. The summed E-state index contributed by atoms with van der Waals surface area (Å²) in [6.07, 6.45) is 8.33. The number of nitrogens with one attached hydrogen (secondary N) is 1.